The number of carboxylic acid groups (broad SMARTS) is 1. The maximum absolute atomic E-state index is 11.1. The molecule has 0 aliphatic rings. The van der Waals surface area contributed by atoms with E-state index < -0.39 is 5.97 Å². The Morgan fingerprint density at radius 2 is 1.50 bits per heavy atom. The average molecular weight is 288 g/mol. The summed E-state index contributed by atoms with van der Waals surface area (Å²) in [7, 11) is 0. The van der Waals surface area contributed by atoms with Crippen molar-refractivity contribution in [2.45, 2.75) is 0 Å². The van der Waals surface area contributed by atoms with Crippen LogP contribution in [0.1, 0.15) is 10.5 Å². The predicted octanol–water partition coefficient (Wildman–Crippen LogP) is 4.08. The molecule has 0 amide bonds. The van der Waals surface area contributed by atoms with Gasteiger partial charge in [-0.2, -0.15) is 5.10 Å². The van der Waals surface area contributed by atoms with Crippen molar-refractivity contribution in [1.82, 2.24) is 10.2 Å². The number of hydrogen-bond donors (Lipinski definition) is 2. The molecule has 3 aromatic carbocycles. The zero-order valence-electron chi connectivity index (χ0n) is 11.6. The van der Waals surface area contributed by atoms with Crippen LogP contribution in [-0.2, 0) is 0 Å². The average Bonchev–Trinajstić information content (AvgIpc) is 3.02. The summed E-state index contributed by atoms with van der Waals surface area (Å²) in [6.07, 6.45) is 0. The van der Waals surface area contributed by atoms with Crippen molar-refractivity contribution in [2.24, 2.45) is 0 Å². The molecule has 1 heterocycles. The van der Waals surface area contributed by atoms with E-state index in [1.807, 2.05) is 36.4 Å². The van der Waals surface area contributed by atoms with E-state index >= 15 is 0 Å². The Kier molecular flexibility index (Phi) is 2.69. The Hall–Kier alpha value is -3.14. The minimum atomic E-state index is -1.01. The molecule has 4 heteroatoms. The molecule has 0 saturated carbocycles. The predicted molar refractivity (Wildman–Crippen MR) is 86.0 cm³/mol. The Labute approximate surface area is 126 Å². The van der Waals surface area contributed by atoms with Crippen molar-refractivity contribution in [3.63, 3.8) is 0 Å². The maximum atomic E-state index is 11.1. The lowest BCUT2D eigenvalue weighted by atomic mass is 9.95. The van der Waals surface area contributed by atoms with Crippen molar-refractivity contribution >= 4 is 27.5 Å². The largest absolute Gasteiger partial charge is 0.477 e. The van der Waals surface area contributed by atoms with Crippen LogP contribution >= 0.6 is 0 Å². The number of carbonyl (C=O) groups is 1. The van der Waals surface area contributed by atoms with Gasteiger partial charge in [0.25, 0.3) is 0 Å². The third kappa shape index (κ3) is 1.85. The van der Waals surface area contributed by atoms with E-state index in [0.29, 0.717) is 5.69 Å². The number of hydrogen-bond acceptors (Lipinski definition) is 2. The van der Waals surface area contributed by atoms with Crippen LogP contribution < -0.4 is 0 Å². The smallest absolute Gasteiger partial charge is 0.353 e. The van der Waals surface area contributed by atoms with Crippen LogP contribution in [0.5, 0.6) is 0 Å². The first kappa shape index (κ1) is 12.6. The molecule has 4 nitrogen and oxygen atoms in total. The van der Waals surface area contributed by atoms with E-state index in [1.54, 1.807) is 6.07 Å². The Morgan fingerprint density at radius 1 is 0.909 bits per heavy atom. The van der Waals surface area contributed by atoms with Gasteiger partial charge in [-0.15, -0.1) is 0 Å². The molecular weight excluding hydrogens is 276 g/mol. The number of benzene rings is 3. The second-order valence-corrected chi connectivity index (χ2v) is 5.17. The molecule has 0 radical (unpaired) electrons. The maximum Gasteiger partial charge on any atom is 0.353 e. The lowest BCUT2D eigenvalue weighted by Gasteiger charge is -2.09. The Morgan fingerprint density at radius 3 is 2.05 bits per heavy atom. The van der Waals surface area contributed by atoms with Gasteiger partial charge in [0.1, 0.15) is 5.69 Å². The number of aromatic carboxylic acids is 1. The van der Waals surface area contributed by atoms with Gasteiger partial charge in [-0.05, 0) is 33.7 Å². The number of rotatable bonds is 2. The van der Waals surface area contributed by atoms with Crippen molar-refractivity contribution in [1.29, 1.82) is 0 Å². The zero-order chi connectivity index (χ0) is 15.1. The van der Waals surface area contributed by atoms with Crippen LogP contribution in [0, 0.1) is 0 Å². The number of nitrogens with zero attached hydrogens (tertiary/aromatic N) is 1. The molecule has 0 bridgehead atoms. The summed E-state index contributed by atoms with van der Waals surface area (Å²) in [6, 6.07) is 19.8. The highest BCUT2D eigenvalue weighted by Gasteiger charge is 2.14. The quantitative estimate of drug-likeness (QED) is 0.546. The summed E-state index contributed by atoms with van der Waals surface area (Å²) >= 11 is 0. The lowest BCUT2D eigenvalue weighted by molar-refractivity contribution is 0.0690. The summed E-state index contributed by atoms with van der Waals surface area (Å²) in [6.45, 7) is 0. The summed E-state index contributed by atoms with van der Waals surface area (Å²) in [4.78, 5) is 11.1. The third-order valence-electron chi connectivity index (χ3n) is 3.84. The highest BCUT2D eigenvalue weighted by molar-refractivity contribution is 6.12. The summed E-state index contributed by atoms with van der Waals surface area (Å²) in [5, 5.41) is 20.2. The molecule has 0 aliphatic carbocycles. The molecule has 4 rings (SSSR count). The third-order valence-corrected chi connectivity index (χ3v) is 3.84. The van der Waals surface area contributed by atoms with Crippen LogP contribution in [0.25, 0.3) is 32.8 Å². The Bertz CT molecular complexity index is 964. The van der Waals surface area contributed by atoms with E-state index in [9.17, 15) is 4.79 Å². The van der Waals surface area contributed by atoms with E-state index in [0.717, 1.165) is 27.1 Å². The number of fused-ring (bicyclic) bond motifs is 2. The molecule has 0 spiro atoms. The first-order chi connectivity index (χ1) is 10.7. The highest BCUT2D eigenvalue weighted by Crippen LogP contribution is 2.35. The number of carboxylic acids is 1. The van der Waals surface area contributed by atoms with E-state index in [1.165, 1.54) is 0 Å². The van der Waals surface area contributed by atoms with Gasteiger partial charge in [0.15, 0.2) is 0 Å². The topological polar surface area (TPSA) is 66.0 Å². The molecule has 1 aromatic heterocycles. The summed E-state index contributed by atoms with van der Waals surface area (Å²) in [5.41, 5.74) is 1.69. The van der Waals surface area contributed by atoms with Crippen LogP contribution in [0.2, 0.25) is 0 Å². The van der Waals surface area contributed by atoms with Crippen LogP contribution in [0.4, 0.5) is 0 Å². The fraction of sp³-hybridized carbons (Fsp3) is 0. The molecule has 0 unspecified atom stereocenters. The lowest BCUT2D eigenvalue weighted by Crippen LogP contribution is -1.95. The van der Waals surface area contributed by atoms with Crippen molar-refractivity contribution in [3.05, 3.63) is 66.4 Å². The van der Waals surface area contributed by atoms with Crippen LogP contribution in [0.15, 0.2) is 60.7 Å². The van der Waals surface area contributed by atoms with Crippen molar-refractivity contribution < 1.29 is 9.90 Å². The van der Waals surface area contributed by atoms with Gasteiger partial charge < -0.3 is 5.11 Å². The van der Waals surface area contributed by atoms with Gasteiger partial charge in [-0.3, -0.25) is 5.10 Å². The summed E-state index contributed by atoms with van der Waals surface area (Å²) in [5.74, 6) is -1.01. The first-order valence-corrected chi connectivity index (χ1v) is 6.93. The number of nitrogens with one attached hydrogen (secondary N) is 1. The van der Waals surface area contributed by atoms with Crippen LogP contribution in [0.3, 0.4) is 0 Å². The fourth-order valence-electron chi connectivity index (χ4n) is 2.85. The number of aromatic amines is 1. The van der Waals surface area contributed by atoms with Gasteiger partial charge in [0.05, 0.1) is 5.69 Å². The first-order valence-electron chi connectivity index (χ1n) is 6.93. The highest BCUT2D eigenvalue weighted by atomic mass is 16.4. The van der Waals surface area contributed by atoms with Crippen molar-refractivity contribution in [3.8, 4) is 11.3 Å². The van der Waals surface area contributed by atoms with Crippen LogP contribution in [-0.4, -0.2) is 21.3 Å². The number of H-pyrrole nitrogens is 1. The van der Waals surface area contributed by atoms with Crippen molar-refractivity contribution in [2.75, 3.05) is 0 Å². The zero-order valence-corrected chi connectivity index (χ0v) is 11.6. The fourth-order valence-corrected chi connectivity index (χ4v) is 2.85. The minimum Gasteiger partial charge on any atom is -0.477 e. The SMILES string of the molecule is O=C(O)c1cc(-c2c3ccccc3cc3ccccc23)n[nH]1. The molecule has 2 N–H and O–H groups in total. The molecular formula is C18H12N2O2. The van der Waals surface area contributed by atoms with Gasteiger partial charge >= 0.3 is 5.97 Å². The van der Waals surface area contributed by atoms with Gasteiger partial charge in [-0.25, -0.2) is 4.79 Å². The monoisotopic (exact) mass is 288 g/mol. The molecule has 106 valence electrons. The molecule has 0 aliphatic heterocycles. The molecule has 22 heavy (non-hydrogen) atoms. The van der Waals surface area contributed by atoms with E-state index in [2.05, 4.69) is 28.4 Å². The molecule has 0 saturated heterocycles. The second kappa shape index (κ2) is 4.70. The Balaban J connectivity index is 2.13. The summed E-state index contributed by atoms with van der Waals surface area (Å²) < 4.78 is 0. The minimum absolute atomic E-state index is 0.0898. The van der Waals surface area contributed by atoms with Gasteiger partial charge in [0.2, 0.25) is 0 Å². The van der Waals surface area contributed by atoms with Gasteiger partial charge in [0, 0.05) is 5.56 Å². The van der Waals surface area contributed by atoms with E-state index in [-0.39, 0.29) is 5.69 Å². The number of aromatic nitrogens is 2. The second-order valence-electron chi connectivity index (χ2n) is 5.17. The molecule has 0 fully saturated rings. The van der Waals surface area contributed by atoms with E-state index in [4.69, 9.17) is 5.11 Å². The molecule has 0 atom stereocenters. The standard InChI is InChI=1S/C18H12N2O2/c21-18(22)16-10-15(19-20-16)17-13-7-3-1-5-11(13)9-12-6-2-4-8-14(12)17/h1-10H,(H,19,20)(H,21,22). The molecule has 4 aromatic rings. The normalized spacial score (nSPS) is 11.1. The van der Waals surface area contributed by atoms with Gasteiger partial charge in [-0.1, -0.05) is 48.5 Å².